The summed E-state index contributed by atoms with van der Waals surface area (Å²) in [7, 11) is 0. The van der Waals surface area contributed by atoms with E-state index in [4.69, 9.17) is 29.6 Å². The molecular formula is C12H12ClN5OS. The molecule has 0 unspecified atom stereocenters. The average molecular weight is 310 g/mol. The van der Waals surface area contributed by atoms with Crippen molar-refractivity contribution in [3.05, 3.63) is 41.6 Å². The molecule has 0 aliphatic heterocycles. The van der Waals surface area contributed by atoms with E-state index < -0.39 is 0 Å². The average Bonchev–Trinajstić information content (AvgIpc) is 2.89. The van der Waals surface area contributed by atoms with Crippen molar-refractivity contribution in [3.8, 4) is 0 Å². The van der Waals surface area contributed by atoms with Crippen LogP contribution in [-0.4, -0.2) is 27.3 Å². The number of anilines is 2. The SMILES string of the molecule is NCC(=O)Nc1ccn(C(=S)Nc2ccc(Cl)cc2)n1. The van der Waals surface area contributed by atoms with E-state index in [-0.39, 0.29) is 12.5 Å². The van der Waals surface area contributed by atoms with E-state index in [1.165, 1.54) is 4.68 Å². The van der Waals surface area contributed by atoms with Gasteiger partial charge in [-0.05, 0) is 36.5 Å². The molecule has 104 valence electrons. The molecule has 1 aromatic carbocycles. The third kappa shape index (κ3) is 3.77. The maximum Gasteiger partial charge on any atom is 0.239 e. The van der Waals surface area contributed by atoms with E-state index >= 15 is 0 Å². The van der Waals surface area contributed by atoms with Gasteiger partial charge in [-0.15, -0.1) is 5.10 Å². The molecule has 0 saturated heterocycles. The lowest BCUT2D eigenvalue weighted by atomic mass is 10.3. The summed E-state index contributed by atoms with van der Waals surface area (Å²) in [5.74, 6) is 0.0764. The second-order valence-corrected chi connectivity index (χ2v) is 4.66. The highest BCUT2D eigenvalue weighted by atomic mass is 35.5. The first kappa shape index (κ1) is 14.4. The Morgan fingerprint density at radius 3 is 2.65 bits per heavy atom. The Bertz CT molecular complexity index is 625. The van der Waals surface area contributed by atoms with Gasteiger partial charge in [-0.2, -0.15) is 0 Å². The molecule has 1 aromatic heterocycles. The van der Waals surface area contributed by atoms with Crippen molar-refractivity contribution in [2.45, 2.75) is 0 Å². The molecule has 0 aliphatic carbocycles. The molecule has 20 heavy (non-hydrogen) atoms. The Balaban J connectivity index is 2.02. The van der Waals surface area contributed by atoms with Crippen LogP contribution in [0, 0.1) is 0 Å². The quantitative estimate of drug-likeness (QED) is 0.751. The third-order valence-corrected chi connectivity index (χ3v) is 2.89. The lowest BCUT2D eigenvalue weighted by Gasteiger charge is -2.07. The van der Waals surface area contributed by atoms with Crippen LogP contribution in [-0.2, 0) is 4.79 Å². The van der Waals surface area contributed by atoms with Crippen LogP contribution in [0.4, 0.5) is 11.5 Å². The van der Waals surface area contributed by atoms with E-state index in [9.17, 15) is 4.79 Å². The predicted octanol–water partition coefficient (Wildman–Crippen LogP) is 1.68. The first-order valence-electron chi connectivity index (χ1n) is 5.71. The maximum absolute atomic E-state index is 11.1. The minimum Gasteiger partial charge on any atom is -0.331 e. The van der Waals surface area contributed by atoms with Crippen LogP contribution >= 0.6 is 23.8 Å². The Morgan fingerprint density at radius 2 is 2.00 bits per heavy atom. The molecule has 6 nitrogen and oxygen atoms in total. The lowest BCUT2D eigenvalue weighted by Crippen LogP contribution is -2.23. The number of rotatable bonds is 3. The van der Waals surface area contributed by atoms with Gasteiger partial charge >= 0.3 is 0 Å². The number of aromatic nitrogens is 2. The molecule has 2 rings (SSSR count). The highest BCUT2D eigenvalue weighted by Crippen LogP contribution is 2.13. The number of nitrogens with zero attached hydrogens (tertiary/aromatic N) is 2. The highest BCUT2D eigenvalue weighted by molar-refractivity contribution is 7.80. The van der Waals surface area contributed by atoms with Crippen molar-refractivity contribution in [2.75, 3.05) is 17.2 Å². The van der Waals surface area contributed by atoms with Crippen molar-refractivity contribution in [3.63, 3.8) is 0 Å². The number of carbonyl (C=O) groups excluding carboxylic acids is 1. The summed E-state index contributed by atoms with van der Waals surface area (Å²) in [4.78, 5) is 11.1. The smallest absolute Gasteiger partial charge is 0.239 e. The Morgan fingerprint density at radius 1 is 1.30 bits per heavy atom. The fourth-order valence-electron chi connectivity index (χ4n) is 1.41. The molecule has 1 amide bonds. The van der Waals surface area contributed by atoms with E-state index in [2.05, 4.69) is 15.7 Å². The second kappa shape index (κ2) is 6.47. The highest BCUT2D eigenvalue weighted by Gasteiger charge is 2.06. The normalized spacial score (nSPS) is 10.1. The molecule has 0 fully saturated rings. The van der Waals surface area contributed by atoms with Crippen molar-refractivity contribution < 1.29 is 4.79 Å². The monoisotopic (exact) mass is 309 g/mol. The number of amides is 1. The summed E-state index contributed by atoms with van der Waals surface area (Å²) < 4.78 is 1.44. The second-order valence-electron chi connectivity index (χ2n) is 3.83. The summed E-state index contributed by atoms with van der Waals surface area (Å²) in [5.41, 5.74) is 6.00. The van der Waals surface area contributed by atoms with Gasteiger partial charge in [0.2, 0.25) is 5.91 Å². The van der Waals surface area contributed by atoms with Gasteiger partial charge < -0.3 is 16.4 Å². The zero-order valence-electron chi connectivity index (χ0n) is 10.3. The Hall–Kier alpha value is -1.96. The maximum atomic E-state index is 11.1. The predicted molar refractivity (Wildman–Crippen MR) is 83.0 cm³/mol. The first-order valence-corrected chi connectivity index (χ1v) is 6.49. The molecule has 2 aromatic rings. The number of nitrogens with one attached hydrogen (secondary N) is 2. The van der Waals surface area contributed by atoms with Crippen molar-refractivity contribution in [2.24, 2.45) is 5.73 Å². The minimum atomic E-state index is -0.313. The van der Waals surface area contributed by atoms with Gasteiger partial charge in [0, 0.05) is 23.0 Å². The number of benzene rings is 1. The van der Waals surface area contributed by atoms with E-state index in [0.717, 1.165) is 5.69 Å². The fourth-order valence-corrected chi connectivity index (χ4v) is 1.76. The molecule has 1 heterocycles. The van der Waals surface area contributed by atoms with E-state index in [1.54, 1.807) is 36.5 Å². The van der Waals surface area contributed by atoms with Gasteiger partial charge in [-0.1, -0.05) is 11.6 Å². The molecule has 0 aliphatic rings. The summed E-state index contributed by atoms with van der Waals surface area (Å²) in [5, 5.41) is 10.7. The molecule has 8 heteroatoms. The summed E-state index contributed by atoms with van der Waals surface area (Å²) in [6.45, 7) is -0.0969. The van der Waals surface area contributed by atoms with Gasteiger partial charge in [0.25, 0.3) is 0 Å². The van der Waals surface area contributed by atoms with Crippen molar-refractivity contribution in [1.29, 1.82) is 0 Å². The molecule has 0 spiro atoms. The largest absolute Gasteiger partial charge is 0.331 e. The number of carbonyl (C=O) groups is 1. The number of hydrogen-bond donors (Lipinski definition) is 3. The Labute approximate surface area is 125 Å². The lowest BCUT2D eigenvalue weighted by molar-refractivity contribution is -0.114. The van der Waals surface area contributed by atoms with E-state index in [0.29, 0.717) is 16.0 Å². The molecule has 0 saturated carbocycles. The number of thiocarbonyl (C=S) groups is 1. The topological polar surface area (TPSA) is 85.0 Å². The van der Waals surface area contributed by atoms with Gasteiger partial charge in [-0.3, -0.25) is 4.79 Å². The number of nitrogens with two attached hydrogens (primary N) is 1. The molecule has 0 atom stereocenters. The minimum absolute atomic E-state index is 0.0969. The molecule has 0 radical (unpaired) electrons. The van der Waals surface area contributed by atoms with Gasteiger partial charge in [0.1, 0.15) is 0 Å². The zero-order valence-corrected chi connectivity index (χ0v) is 11.9. The molecule has 4 N–H and O–H groups in total. The fraction of sp³-hybridized carbons (Fsp3) is 0.0833. The summed E-state index contributed by atoms with van der Waals surface area (Å²) >= 11 is 11.0. The summed E-state index contributed by atoms with van der Waals surface area (Å²) in [6, 6.07) is 8.73. The van der Waals surface area contributed by atoms with Gasteiger partial charge in [0.15, 0.2) is 10.9 Å². The number of hydrogen-bond acceptors (Lipinski definition) is 4. The zero-order chi connectivity index (χ0) is 14.5. The number of halogens is 1. The summed E-state index contributed by atoms with van der Waals surface area (Å²) in [6.07, 6.45) is 1.64. The van der Waals surface area contributed by atoms with Gasteiger partial charge in [0.05, 0.1) is 6.54 Å². The van der Waals surface area contributed by atoms with Crippen LogP contribution in [0.3, 0.4) is 0 Å². The third-order valence-electron chi connectivity index (χ3n) is 2.35. The van der Waals surface area contributed by atoms with Crippen LogP contribution < -0.4 is 16.4 Å². The van der Waals surface area contributed by atoms with E-state index in [1.807, 2.05) is 0 Å². The molecule has 0 bridgehead atoms. The van der Waals surface area contributed by atoms with Crippen molar-refractivity contribution in [1.82, 2.24) is 9.78 Å². The van der Waals surface area contributed by atoms with Crippen LogP contribution in [0.5, 0.6) is 0 Å². The van der Waals surface area contributed by atoms with Gasteiger partial charge in [-0.25, -0.2) is 4.68 Å². The Kier molecular flexibility index (Phi) is 4.67. The van der Waals surface area contributed by atoms with Crippen molar-refractivity contribution >= 4 is 46.3 Å². The van der Waals surface area contributed by atoms with Crippen LogP contribution in [0.15, 0.2) is 36.5 Å². The standard InChI is InChI=1S/C12H12ClN5OS/c13-8-1-3-9(4-2-8)15-12(20)18-6-5-10(17-18)16-11(19)7-14/h1-6H,7,14H2,(H,15,20)(H,16,17,19). The first-order chi connectivity index (χ1) is 9.58. The molecular weight excluding hydrogens is 298 g/mol. The van der Waals surface area contributed by atoms with Crippen LogP contribution in [0.25, 0.3) is 0 Å². The van der Waals surface area contributed by atoms with Crippen LogP contribution in [0.1, 0.15) is 0 Å². The van der Waals surface area contributed by atoms with Crippen LogP contribution in [0.2, 0.25) is 5.02 Å².